The van der Waals surface area contributed by atoms with Crippen LogP contribution in [-0.4, -0.2) is 0 Å². The largest absolute Gasteiger partial charge is 0.193 e. The van der Waals surface area contributed by atoms with Gasteiger partial charge in [-0.05, 0) is 36.6 Å². The van der Waals surface area contributed by atoms with E-state index in [0.29, 0.717) is 17.0 Å². The van der Waals surface area contributed by atoms with E-state index in [1.165, 1.54) is 0 Å². The highest BCUT2D eigenvalue weighted by atomic mass is 79.9. The zero-order chi connectivity index (χ0) is 11.4. The van der Waals surface area contributed by atoms with Gasteiger partial charge in [-0.15, -0.1) is 0 Å². The Labute approximate surface area is 103 Å². The lowest BCUT2D eigenvalue weighted by Gasteiger charge is -2.06. The Morgan fingerprint density at radius 3 is 2.67 bits per heavy atom. The Kier molecular flexibility index (Phi) is 4.38. The molecule has 0 aliphatic carbocycles. The van der Waals surface area contributed by atoms with Crippen LogP contribution in [0.3, 0.4) is 0 Å². The molecule has 1 aromatic carbocycles. The van der Waals surface area contributed by atoms with E-state index in [-0.39, 0.29) is 0 Å². The molecule has 0 saturated carbocycles. The quantitative estimate of drug-likeness (QED) is 0.726. The average Bonchev–Trinajstić information content (AvgIpc) is 2.19. The van der Waals surface area contributed by atoms with Crippen LogP contribution in [0.15, 0.2) is 28.2 Å². The van der Waals surface area contributed by atoms with Crippen molar-refractivity contribution in [3.05, 3.63) is 39.4 Å². The second-order valence-corrected chi connectivity index (χ2v) is 4.51. The Morgan fingerprint density at radius 2 is 2.20 bits per heavy atom. The molecule has 0 amide bonds. The maximum absolute atomic E-state index is 8.90. The van der Waals surface area contributed by atoms with E-state index in [1.807, 2.05) is 32.0 Å². The molecular formula is C12H11BrClN. The van der Waals surface area contributed by atoms with Crippen molar-refractivity contribution in [2.45, 2.75) is 20.3 Å². The molecule has 0 saturated heterocycles. The lowest BCUT2D eigenvalue weighted by molar-refractivity contribution is 1.16. The summed E-state index contributed by atoms with van der Waals surface area (Å²) < 4.78 is 1.02. The predicted molar refractivity (Wildman–Crippen MR) is 67.6 cm³/mol. The van der Waals surface area contributed by atoms with Gasteiger partial charge in [0.25, 0.3) is 0 Å². The fourth-order valence-corrected chi connectivity index (χ4v) is 2.18. The summed E-state index contributed by atoms with van der Waals surface area (Å²) in [6, 6.07) is 7.97. The fourth-order valence-electron chi connectivity index (χ4n) is 1.32. The number of nitriles is 1. The zero-order valence-corrected chi connectivity index (χ0v) is 11.0. The summed E-state index contributed by atoms with van der Waals surface area (Å²) in [4.78, 5) is 0. The van der Waals surface area contributed by atoms with E-state index in [0.717, 1.165) is 15.6 Å². The third-order valence-corrected chi connectivity index (χ3v) is 3.10. The number of hydrogen-bond acceptors (Lipinski definition) is 1. The van der Waals surface area contributed by atoms with Crippen molar-refractivity contribution >= 4 is 32.6 Å². The van der Waals surface area contributed by atoms with Gasteiger partial charge in [0.2, 0.25) is 0 Å². The summed E-state index contributed by atoms with van der Waals surface area (Å²) in [6.45, 7) is 3.91. The topological polar surface area (TPSA) is 23.8 Å². The zero-order valence-electron chi connectivity index (χ0n) is 8.64. The van der Waals surface area contributed by atoms with Crippen LogP contribution in [0, 0.1) is 18.3 Å². The molecule has 0 spiro atoms. The summed E-state index contributed by atoms with van der Waals surface area (Å²) in [5.74, 6) is 0. The van der Waals surface area contributed by atoms with E-state index in [9.17, 15) is 0 Å². The van der Waals surface area contributed by atoms with Crippen LogP contribution in [0.25, 0.3) is 5.03 Å². The van der Waals surface area contributed by atoms with Crippen LogP contribution in [0.2, 0.25) is 0 Å². The van der Waals surface area contributed by atoms with Gasteiger partial charge in [0.15, 0.2) is 0 Å². The Balaban J connectivity index is 3.29. The molecular weight excluding hydrogens is 273 g/mol. The first-order valence-corrected chi connectivity index (χ1v) is 5.82. The second-order valence-electron chi connectivity index (χ2n) is 3.22. The molecule has 1 aromatic rings. The van der Waals surface area contributed by atoms with Crippen LogP contribution < -0.4 is 0 Å². The van der Waals surface area contributed by atoms with E-state index in [1.54, 1.807) is 0 Å². The van der Waals surface area contributed by atoms with E-state index >= 15 is 0 Å². The van der Waals surface area contributed by atoms with Gasteiger partial charge in [-0.3, -0.25) is 0 Å². The van der Waals surface area contributed by atoms with Crippen molar-refractivity contribution < 1.29 is 0 Å². The molecule has 0 bridgehead atoms. The standard InChI is InChI=1S/C12H11BrClN/c1-3-9(7-15)12(14)11-5-4-10(13)6-8(11)2/h4-6H,3H2,1-2H3/b12-9-. The molecule has 1 rings (SSSR count). The van der Waals surface area contributed by atoms with Gasteiger partial charge in [0.1, 0.15) is 0 Å². The summed E-state index contributed by atoms with van der Waals surface area (Å²) in [5, 5.41) is 9.46. The lowest BCUT2D eigenvalue weighted by atomic mass is 10.0. The van der Waals surface area contributed by atoms with Gasteiger partial charge in [-0.2, -0.15) is 5.26 Å². The number of benzene rings is 1. The fraction of sp³-hybridized carbons (Fsp3) is 0.250. The molecule has 0 N–H and O–H groups in total. The maximum Gasteiger partial charge on any atom is 0.0962 e. The first-order chi connectivity index (χ1) is 7.10. The molecule has 0 radical (unpaired) electrons. The number of hydrogen-bond donors (Lipinski definition) is 0. The van der Waals surface area contributed by atoms with Crippen molar-refractivity contribution in [1.29, 1.82) is 5.26 Å². The van der Waals surface area contributed by atoms with Crippen molar-refractivity contribution in [1.82, 2.24) is 0 Å². The molecule has 15 heavy (non-hydrogen) atoms. The van der Waals surface area contributed by atoms with Crippen LogP contribution in [0.5, 0.6) is 0 Å². The smallest absolute Gasteiger partial charge is 0.0962 e. The van der Waals surface area contributed by atoms with Gasteiger partial charge in [0, 0.05) is 10.0 Å². The maximum atomic E-state index is 8.90. The summed E-state index contributed by atoms with van der Waals surface area (Å²) in [5.41, 5.74) is 2.62. The molecule has 0 aromatic heterocycles. The molecule has 0 heterocycles. The first-order valence-electron chi connectivity index (χ1n) is 4.65. The average molecular weight is 285 g/mol. The Morgan fingerprint density at radius 1 is 1.53 bits per heavy atom. The minimum absolute atomic E-state index is 0.560. The van der Waals surface area contributed by atoms with E-state index in [4.69, 9.17) is 16.9 Å². The monoisotopic (exact) mass is 283 g/mol. The molecule has 0 fully saturated rings. The van der Waals surface area contributed by atoms with E-state index < -0.39 is 0 Å². The van der Waals surface area contributed by atoms with Gasteiger partial charge < -0.3 is 0 Å². The number of rotatable bonds is 2. The minimum atomic E-state index is 0.560. The Hall–Kier alpha value is -0.780. The molecule has 0 aliphatic rings. The molecule has 78 valence electrons. The summed E-state index contributed by atoms with van der Waals surface area (Å²) >= 11 is 9.56. The Bertz CT molecular complexity index is 443. The summed E-state index contributed by atoms with van der Waals surface area (Å²) in [7, 11) is 0. The summed E-state index contributed by atoms with van der Waals surface area (Å²) in [6.07, 6.45) is 0.658. The third-order valence-electron chi connectivity index (χ3n) is 2.18. The normalized spacial score (nSPS) is 11.9. The van der Waals surface area contributed by atoms with Crippen molar-refractivity contribution in [3.63, 3.8) is 0 Å². The van der Waals surface area contributed by atoms with Crippen LogP contribution in [0.1, 0.15) is 24.5 Å². The lowest BCUT2D eigenvalue weighted by Crippen LogP contribution is -1.88. The van der Waals surface area contributed by atoms with Crippen LogP contribution >= 0.6 is 27.5 Å². The van der Waals surface area contributed by atoms with Gasteiger partial charge in [0.05, 0.1) is 11.1 Å². The molecule has 0 aliphatic heterocycles. The highest BCUT2D eigenvalue weighted by Gasteiger charge is 2.07. The second kappa shape index (κ2) is 5.34. The third kappa shape index (κ3) is 2.84. The number of halogens is 2. The molecule has 1 nitrogen and oxygen atoms in total. The van der Waals surface area contributed by atoms with Gasteiger partial charge in [-0.1, -0.05) is 40.5 Å². The van der Waals surface area contributed by atoms with Crippen LogP contribution in [-0.2, 0) is 0 Å². The number of nitrogens with zero attached hydrogens (tertiary/aromatic N) is 1. The molecule has 3 heteroatoms. The van der Waals surface area contributed by atoms with Gasteiger partial charge >= 0.3 is 0 Å². The van der Waals surface area contributed by atoms with E-state index in [2.05, 4.69) is 22.0 Å². The van der Waals surface area contributed by atoms with Gasteiger partial charge in [-0.25, -0.2) is 0 Å². The van der Waals surface area contributed by atoms with Crippen molar-refractivity contribution in [2.75, 3.05) is 0 Å². The number of allylic oxidation sites excluding steroid dienone is 1. The van der Waals surface area contributed by atoms with Crippen molar-refractivity contribution in [2.24, 2.45) is 0 Å². The molecule has 0 unspecified atom stereocenters. The minimum Gasteiger partial charge on any atom is -0.193 e. The first kappa shape index (κ1) is 12.3. The predicted octanol–water partition coefficient (Wildman–Crippen LogP) is 4.64. The molecule has 0 atom stereocenters. The van der Waals surface area contributed by atoms with Crippen molar-refractivity contribution in [3.8, 4) is 6.07 Å². The highest BCUT2D eigenvalue weighted by molar-refractivity contribution is 9.10. The number of aryl methyl sites for hydroxylation is 1. The SMILES string of the molecule is CC/C(C#N)=C(/Cl)c1ccc(Br)cc1C. The highest BCUT2D eigenvalue weighted by Crippen LogP contribution is 2.28. The van der Waals surface area contributed by atoms with Crippen LogP contribution in [0.4, 0.5) is 0 Å².